The Balaban J connectivity index is 1.94. The van der Waals surface area contributed by atoms with Gasteiger partial charge >= 0.3 is 6.03 Å². The maximum Gasteiger partial charge on any atom is 0.332 e. The van der Waals surface area contributed by atoms with Crippen LogP contribution in [0.1, 0.15) is 49.7 Å². The maximum atomic E-state index is 10.6. The number of nitrogens with one attached hydrogen (secondary N) is 1. The zero-order valence-electron chi connectivity index (χ0n) is 11.4. The number of primary amides is 1. The second-order valence-electron chi connectivity index (χ2n) is 5.15. The number of nitrogens with zero attached hydrogens (tertiary/aromatic N) is 1. The standard InChI is InChI=1S/C15H21N3O/c1-11(17-18-15(16)19)9-10-13-7-4-6-12-5-2-3-8-14(12)13/h2-3,5,8,13H,4,6-7,9-10H2,1H3,(H3,16,18,19)/b17-11+. The number of amides is 2. The quantitative estimate of drug-likeness (QED) is 0.633. The van der Waals surface area contributed by atoms with Crippen molar-refractivity contribution in [3.8, 4) is 0 Å². The summed E-state index contributed by atoms with van der Waals surface area (Å²) in [7, 11) is 0. The number of benzene rings is 1. The van der Waals surface area contributed by atoms with Gasteiger partial charge in [-0.2, -0.15) is 5.10 Å². The average Bonchev–Trinajstić information content (AvgIpc) is 2.42. The Morgan fingerprint density at radius 1 is 1.47 bits per heavy atom. The van der Waals surface area contributed by atoms with E-state index in [1.54, 1.807) is 0 Å². The lowest BCUT2D eigenvalue weighted by Crippen LogP contribution is -2.25. The van der Waals surface area contributed by atoms with Crippen molar-refractivity contribution < 1.29 is 4.79 Å². The second-order valence-corrected chi connectivity index (χ2v) is 5.15. The molecule has 19 heavy (non-hydrogen) atoms. The fourth-order valence-electron chi connectivity index (χ4n) is 2.74. The lowest BCUT2D eigenvalue weighted by atomic mass is 9.80. The van der Waals surface area contributed by atoms with Crippen LogP contribution in [-0.4, -0.2) is 11.7 Å². The van der Waals surface area contributed by atoms with Crippen molar-refractivity contribution in [1.82, 2.24) is 5.43 Å². The van der Waals surface area contributed by atoms with Crippen molar-refractivity contribution >= 4 is 11.7 Å². The summed E-state index contributed by atoms with van der Waals surface area (Å²) in [6.45, 7) is 1.92. The van der Waals surface area contributed by atoms with Crippen molar-refractivity contribution in [1.29, 1.82) is 0 Å². The molecule has 0 saturated heterocycles. The summed E-state index contributed by atoms with van der Waals surface area (Å²) in [5.41, 5.74) is 11.2. The minimum atomic E-state index is -0.609. The first-order valence-electron chi connectivity index (χ1n) is 6.83. The Hall–Kier alpha value is -1.84. The zero-order chi connectivity index (χ0) is 13.7. The van der Waals surface area contributed by atoms with E-state index >= 15 is 0 Å². The van der Waals surface area contributed by atoms with Gasteiger partial charge < -0.3 is 5.73 Å². The molecule has 1 aliphatic rings. The van der Waals surface area contributed by atoms with Crippen LogP contribution in [0.2, 0.25) is 0 Å². The predicted octanol–water partition coefficient (Wildman–Crippen LogP) is 2.93. The van der Waals surface area contributed by atoms with Crippen LogP contribution in [0.5, 0.6) is 0 Å². The molecule has 1 unspecified atom stereocenters. The molecule has 0 radical (unpaired) electrons. The predicted molar refractivity (Wildman–Crippen MR) is 77.2 cm³/mol. The first-order valence-corrected chi connectivity index (χ1v) is 6.83. The molecule has 3 N–H and O–H groups in total. The van der Waals surface area contributed by atoms with Crippen molar-refractivity contribution in [2.45, 2.75) is 44.9 Å². The van der Waals surface area contributed by atoms with Crippen molar-refractivity contribution in [3.63, 3.8) is 0 Å². The Morgan fingerprint density at radius 2 is 2.26 bits per heavy atom. The van der Waals surface area contributed by atoms with Gasteiger partial charge in [-0.15, -0.1) is 0 Å². The van der Waals surface area contributed by atoms with Gasteiger partial charge in [0.25, 0.3) is 0 Å². The van der Waals surface area contributed by atoms with Crippen LogP contribution in [0.3, 0.4) is 0 Å². The van der Waals surface area contributed by atoms with Crippen LogP contribution in [-0.2, 0) is 6.42 Å². The van der Waals surface area contributed by atoms with Crippen LogP contribution in [0.25, 0.3) is 0 Å². The first-order chi connectivity index (χ1) is 9.16. The molecule has 4 heteroatoms. The van der Waals surface area contributed by atoms with Gasteiger partial charge in [0.05, 0.1) is 0 Å². The molecule has 102 valence electrons. The molecule has 2 amide bonds. The number of carbonyl (C=O) groups excluding carboxylic acids is 1. The molecule has 4 nitrogen and oxygen atoms in total. The minimum Gasteiger partial charge on any atom is -0.350 e. The highest BCUT2D eigenvalue weighted by atomic mass is 16.2. The minimum absolute atomic E-state index is 0.609. The first kappa shape index (κ1) is 13.6. The van der Waals surface area contributed by atoms with E-state index in [1.165, 1.54) is 30.4 Å². The van der Waals surface area contributed by atoms with Crippen LogP contribution in [0, 0.1) is 0 Å². The number of fused-ring (bicyclic) bond motifs is 1. The summed E-state index contributed by atoms with van der Waals surface area (Å²) in [5.74, 6) is 0.615. The molecular weight excluding hydrogens is 238 g/mol. The molecule has 0 aliphatic heterocycles. The molecule has 1 atom stereocenters. The van der Waals surface area contributed by atoms with Crippen LogP contribution < -0.4 is 11.2 Å². The molecule has 0 bridgehead atoms. The molecule has 0 saturated carbocycles. The Morgan fingerprint density at radius 3 is 3.05 bits per heavy atom. The third-order valence-electron chi connectivity index (χ3n) is 3.71. The molecule has 1 aromatic carbocycles. The molecule has 0 fully saturated rings. The van der Waals surface area contributed by atoms with Crippen LogP contribution in [0.15, 0.2) is 29.4 Å². The summed E-state index contributed by atoms with van der Waals surface area (Å²) in [4.78, 5) is 10.6. The number of carbonyl (C=O) groups is 1. The van der Waals surface area contributed by atoms with Gasteiger partial charge in [0.2, 0.25) is 0 Å². The number of nitrogens with two attached hydrogens (primary N) is 1. The van der Waals surface area contributed by atoms with Crippen molar-refractivity contribution in [2.75, 3.05) is 0 Å². The average molecular weight is 259 g/mol. The van der Waals surface area contributed by atoms with Gasteiger partial charge in [-0.3, -0.25) is 0 Å². The van der Waals surface area contributed by atoms with Gasteiger partial charge in [-0.05, 0) is 56.1 Å². The number of hydrazone groups is 1. The zero-order valence-corrected chi connectivity index (χ0v) is 11.4. The molecular formula is C15H21N3O. The number of hydrogen-bond donors (Lipinski definition) is 2. The monoisotopic (exact) mass is 259 g/mol. The van der Waals surface area contributed by atoms with Crippen LogP contribution in [0.4, 0.5) is 4.79 Å². The fourth-order valence-corrected chi connectivity index (χ4v) is 2.74. The molecule has 0 spiro atoms. The topological polar surface area (TPSA) is 67.5 Å². The van der Waals surface area contributed by atoms with Crippen LogP contribution >= 0.6 is 0 Å². The maximum absolute atomic E-state index is 10.6. The van der Waals surface area contributed by atoms with Gasteiger partial charge in [0, 0.05) is 5.71 Å². The normalized spacial score (nSPS) is 18.8. The number of aryl methyl sites for hydroxylation is 1. The lowest BCUT2D eigenvalue weighted by molar-refractivity contribution is 0.249. The number of hydrogen-bond acceptors (Lipinski definition) is 2. The molecule has 2 rings (SSSR count). The summed E-state index contributed by atoms with van der Waals surface area (Å²) in [6.07, 6.45) is 5.67. The lowest BCUT2D eigenvalue weighted by Gasteiger charge is -2.25. The van der Waals surface area contributed by atoms with Crippen molar-refractivity contribution in [2.24, 2.45) is 10.8 Å². The Kier molecular flexibility index (Phi) is 4.55. The number of urea groups is 1. The molecule has 1 aliphatic carbocycles. The Bertz CT molecular complexity index is 482. The second kappa shape index (κ2) is 6.36. The third-order valence-corrected chi connectivity index (χ3v) is 3.71. The van der Waals surface area contributed by atoms with E-state index in [0.717, 1.165) is 18.6 Å². The summed E-state index contributed by atoms with van der Waals surface area (Å²) in [5, 5.41) is 3.96. The van der Waals surface area contributed by atoms with E-state index < -0.39 is 6.03 Å². The van der Waals surface area contributed by atoms with E-state index in [0.29, 0.717) is 5.92 Å². The SMILES string of the molecule is C/C(CCC1CCCc2ccccc21)=N\NC(N)=O. The highest BCUT2D eigenvalue weighted by Crippen LogP contribution is 2.34. The fraction of sp³-hybridized carbons (Fsp3) is 0.467. The van der Waals surface area contributed by atoms with E-state index in [9.17, 15) is 4.79 Å². The third kappa shape index (κ3) is 3.81. The smallest absolute Gasteiger partial charge is 0.332 e. The largest absolute Gasteiger partial charge is 0.350 e. The van der Waals surface area contributed by atoms with E-state index in [4.69, 9.17) is 5.73 Å². The van der Waals surface area contributed by atoms with Gasteiger partial charge in [-0.1, -0.05) is 24.3 Å². The Labute approximate surface area is 114 Å². The van der Waals surface area contributed by atoms with Crippen molar-refractivity contribution in [3.05, 3.63) is 35.4 Å². The van der Waals surface area contributed by atoms with E-state index in [1.807, 2.05) is 6.92 Å². The highest BCUT2D eigenvalue weighted by molar-refractivity contribution is 5.83. The van der Waals surface area contributed by atoms with Gasteiger partial charge in [-0.25, -0.2) is 10.2 Å². The van der Waals surface area contributed by atoms with E-state index in [-0.39, 0.29) is 0 Å². The molecule has 1 aromatic rings. The molecule has 0 heterocycles. The van der Waals surface area contributed by atoms with Gasteiger partial charge in [0.15, 0.2) is 0 Å². The summed E-state index contributed by atoms with van der Waals surface area (Å²) < 4.78 is 0. The van der Waals surface area contributed by atoms with Gasteiger partial charge in [0.1, 0.15) is 0 Å². The summed E-state index contributed by atoms with van der Waals surface area (Å²) in [6, 6.07) is 8.10. The highest BCUT2D eigenvalue weighted by Gasteiger charge is 2.19. The number of rotatable bonds is 4. The summed E-state index contributed by atoms with van der Waals surface area (Å²) >= 11 is 0. The van der Waals surface area contributed by atoms with E-state index in [2.05, 4.69) is 34.8 Å². The molecule has 0 aromatic heterocycles.